The van der Waals surface area contributed by atoms with Gasteiger partial charge < -0.3 is 0 Å². The van der Waals surface area contributed by atoms with E-state index in [2.05, 4.69) is 6.92 Å². The molecule has 0 heterocycles. The van der Waals surface area contributed by atoms with Crippen LogP contribution in [0.5, 0.6) is 0 Å². The Labute approximate surface area is 193 Å². The summed E-state index contributed by atoms with van der Waals surface area (Å²) < 4.78 is 12.0. The summed E-state index contributed by atoms with van der Waals surface area (Å²) in [7, 11) is -0.0469. The Morgan fingerprint density at radius 2 is 1.17 bits per heavy atom. The van der Waals surface area contributed by atoms with Crippen LogP contribution in [-0.2, 0) is 23.8 Å². The fourth-order valence-corrected chi connectivity index (χ4v) is 5.01. The second-order valence-electron chi connectivity index (χ2n) is 6.80. The maximum Gasteiger partial charge on any atom is 0.192 e. The Hall–Kier alpha value is -1.08. The monoisotopic (exact) mass is 482 g/mol. The lowest BCUT2D eigenvalue weighted by Gasteiger charge is -2.19. The van der Waals surface area contributed by atoms with E-state index in [-0.39, 0.29) is 8.46 Å². The highest BCUT2D eigenvalue weighted by molar-refractivity contribution is 7.34. The minimum absolute atomic E-state index is 0.0469. The van der Waals surface area contributed by atoms with Crippen molar-refractivity contribution in [3.63, 3.8) is 0 Å². The van der Waals surface area contributed by atoms with Crippen molar-refractivity contribution in [2.45, 2.75) is 32.6 Å². The molecule has 0 aromatic heterocycles. The van der Waals surface area contributed by atoms with Crippen LogP contribution in [-0.4, -0.2) is 0 Å². The lowest BCUT2D eigenvalue weighted by Crippen LogP contribution is -2.13. The van der Waals surface area contributed by atoms with E-state index in [0.717, 1.165) is 40.4 Å². The lowest BCUT2D eigenvalue weighted by molar-refractivity contribution is 0.603. The Bertz CT molecular complexity index is 1010. The van der Waals surface area contributed by atoms with Gasteiger partial charge in [-0.2, -0.15) is 0 Å². The van der Waals surface area contributed by atoms with E-state index in [1.807, 2.05) is 48.5 Å². The molecule has 0 amide bonds. The highest BCUT2D eigenvalue weighted by atomic mass is 35.5. The van der Waals surface area contributed by atoms with Crippen molar-refractivity contribution >= 4 is 60.2 Å². The summed E-state index contributed by atoms with van der Waals surface area (Å²) in [6, 6.07) is 14.9. The molecule has 0 spiro atoms. The first kappa shape index (κ1) is 22.6. The van der Waals surface area contributed by atoms with E-state index in [1.54, 1.807) is 0 Å². The highest BCUT2D eigenvalue weighted by Crippen LogP contribution is 2.33. The predicted octanol–water partition coefficient (Wildman–Crippen LogP) is 8.35. The highest BCUT2D eigenvalue weighted by Gasteiger charge is 2.19. The molecule has 0 saturated heterocycles. The number of hydrogen-bond donors (Lipinski definition) is 0. The summed E-state index contributed by atoms with van der Waals surface area (Å²) in [6.07, 6.45) is 2.92. The van der Waals surface area contributed by atoms with Crippen LogP contribution in [0.3, 0.4) is 0 Å². The Morgan fingerprint density at radius 3 is 1.62 bits per heavy atom. The van der Waals surface area contributed by atoms with Gasteiger partial charge in [-0.1, -0.05) is 77.9 Å². The third-order valence-corrected chi connectivity index (χ3v) is 6.98. The van der Waals surface area contributed by atoms with Crippen molar-refractivity contribution in [1.29, 1.82) is 0 Å². The normalized spacial score (nSPS) is 11.2. The topological polar surface area (TPSA) is 17.1 Å². The summed E-state index contributed by atoms with van der Waals surface area (Å²) in [5.74, 6) is 0. The zero-order valence-corrected chi connectivity index (χ0v) is 19.7. The molecular formula is C23H19Cl4OP. The van der Waals surface area contributed by atoms with Gasteiger partial charge in [0.15, 0.2) is 8.46 Å². The molecule has 3 aromatic rings. The molecule has 1 nitrogen and oxygen atoms in total. The Balaban J connectivity index is 2.20. The third-order valence-electron chi connectivity index (χ3n) is 4.95. The minimum Gasteiger partial charge on any atom is -0.269 e. The van der Waals surface area contributed by atoms with Crippen LogP contribution < -0.4 is 5.30 Å². The van der Waals surface area contributed by atoms with Crippen LogP contribution in [0.1, 0.15) is 41.2 Å². The van der Waals surface area contributed by atoms with Gasteiger partial charge in [0.1, 0.15) is 0 Å². The Kier molecular flexibility index (Phi) is 8.02. The molecule has 3 aromatic carbocycles. The molecule has 0 bridgehead atoms. The molecule has 0 saturated carbocycles. The van der Waals surface area contributed by atoms with Gasteiger partial charge >= 0.3 is 0 Å². The molecule has 29 heavy (non-hydrogen) atoms. The summed E-state index contributed by atoms with van der Waals surface area (Å²) >= 11 is 25.8. The van der Waals surface area contributed by atoms with Crippen LogP contribution in [0.4, 0.5) is 0 Å². The molecule has 0 fully saturated rings. The van der Waals surface area contributed by atoms with Crippen LogP contribution in [0.15, 0.2) is 48.5 Å². The van der Waals surface area contributed by atoms with Gasteiger partial charge in [0.05, 0.1) is 0 Å². The fraction of sp³-hybridized carbons (Fsp3) is 0.217. The molecule has 0 aliphatic heterocycles. The van der Waals surface area contributed by atoms with Gasteiger partial charge in [-0.05, 0) is 64.6 Å². The third kappa shape index (κ3) is 5.16. The first-order valence-corrected chi connectivity index (χ1v) is 11.6. The molecule has 150 valence electrons. The minimum atomic E-state index is -0.0469. The fourth-order valence-electron chi connectivity index (χ4n) is 3.49. The van der Waals surface area contributed by atoms with E-state index in [1.165, 1.54) is 5.56 Å². The number of halogens is 4. The zero-order valence-electron chi connectivity index (χ0n) is 15.8. The lowest BCUT2D eigenvalue weighted by atomic mass is 9.89. The van der Waals surface area contributed by atoms with Crippen LogP contribution in [0.25, 0.3) is 0 Å². The summed E-state index contributed by atoms with van der Waals surface area (Å²) in [4.78, 5) is 0. The van der Waals surface area contributed by atoms with E-state index < -0.39 is 0 Å². The van der Waals surface area contributed by atoms with Gasteiger partial charge in [-0.15, -0.1) is 0 Å². The van der Waals surface area contributed by atoms with E-state index in [0.29, 0.717) is 32.9 Å². The molecule has 3 rings (SSSR count). The maximum atomic E-state index is 12.0. The van der Waals surface area contributed by atoms with Crippen molar-refractivity contribution in [2.75, 3.05) is 0 Å². The zero-order chi connectivity index (χ0) is 21.0. The van der Waals surface area contributed by atoms with Crippen LogP contribution in [0, 0.1) is 0 Å². The second-order valence-corrected chi connectivity index (χ2v) is 9.09. The van der Waals surface area contributed by atoms with Gasteiger partial charge in [0.25, 0.3) is 0 Å². The van der Waals surface area contributed by atoms with Crippen LogP contribution in [0.2, 0.25) is 20.1 Å². The standard InChI is InChI=1S/C23H19Cl4OP/c1-2-5-14-10-11-23(29-28)16(13-18-21(26)8-4-9-22(18)27)15(14)12-17-19(24)6-3-7-20(17)25/h3-4,6-11H,2,5,12-13H2,1H3. The second kappa shape index (κ2) is 10.3. The van der Waals surface area contributed by atoms with Crippen molar-refractivity contribution in [3.8, 4) is 0 Å². The van der Waals surface area contributed by atoms with Crippen molar-refractivity contribution in [3.05, 3.63) is 96.4 Å². The molecule has 0 unspecified atom stereocenters. The van der Waals surface area contributed by atoms with Gasteiger partial charge in [0, 0.05) is 38.2 Å². The molecule has 6 heteroatoms. The van der Waals surface area contributed by atoms with Gasteiger partial charge in [0.2, 0.25) is 0 Å². The largest absolute Gasteiger partial charge is 0.269 e. The van der Waals surface area contributed by atoms with E-state index >= 15 is 0 Å². The first-order valence-electron chi connectivity index (χ1n) is 9.29. The van der Waals surface area contributed by atoms with Crippen molar-refractivity contribution < 1.29 is 4.57 Å². The van der Waals surface area contributed by atoms with E-state index in [4.69, 9.17) is 46.4 Å². The molecule has 0 N–H and O–H groups in total. The average molecular weight is 484 g/mol. The van der Waals surface area contributed by atoms with Crippen molar-refractivity contribution in [1.82, 2.24) is 0 Å². The molecular weight excluding hydrogens is 465 g/mol. The summed E-state index contributed by atoms with van der Waals surface area (Å²) in [6.45, 7) is 2.14. The molecule has 0 aliphatic rings. The number of rotatable bonds is 7. The first-order chi connectivity index (χ1) is 14.0. The number of hydrogen-bond acceptors (Lipinski definition) is 1. The van der Waals surface area contributed by atoms with Gasteiger partial charge in [-0.25, -0.2) is 0 Å². The number of benzene rings is 3. The molecule has 0 atom stereocenters. The van der Waals surface area contributed by atoms with Gasteiger partial charge in [-0.3, -0.25) is 4.57 Å². The van der Waals surface area contributed by atoms with Crippen molar-refractivity contribution in [2.24, 2.45) is 0 Å². The maximum absolute atomic E-state index is 12.0. The Morgan fingerprint density at radius 1 is 0.690 bits per heavy atom. The smallest absolute Gasteiger partial charge is 0.192 e. The SMILES string of the molecule is CCCc1ccc(P=O)c(Cc2c(Cl)cccc2Cl)c1Cc1c(Cl)cccc1Cl. The molecule has 0 radical (unpaired) electrons. The quantitative estimate of drug-likeness (QED) is 0.308. The molecule has 0 aliphatic carbocycles. The summed E-state index contributed by atoms with van der Waals surface area (Å²) in [5, 5.41) is 3.14. The average Bonchev–Trinajstić information content (AvgIpc) is 2.69. The number of aryl methyl sites for hydroxylation is 1. The predicted molar refractivity (Wildman–Crippen MR) is 126 cm³/mol. The van der Waals surface area contributed by atoms with E-state index in [9.17, 15) is 4.57 Å². The van der Waals surface area contributed by atoms with Crippen LogP contribution >= 0.6 is 54.9 Å². The summed E-state index contributed by atoms with van der Waals surface area (Å²) in [5.41, 5.74) is 4.91.